The van der Waals surface area contributed by atoms with Crippen LogP contribution in [0.3, 0.4) is 0 Å². The molecule has 0 saturated heterocycles. The Labute approximate surface area is 238 Å². The lowest BCUT2D eigenvalue weighted by molar-refractivity contribution is 1.18. The van der Waals surface area contributed by atoms with Gasteiger partial charge in [-0.05, 0) is 102 Å². The Balaban J connectivity index is 1.23. The van der Waals surface area contributed by atoms with Crippen molar-refractivity contribution in [1.82, 2.24) is 4.57 Å². The fourth-order valence-electron chi connectivity index (χ4n) is 5.53. The lowest BCUT2D eigenvalue weighted by Gasteiger charge is -2.14. The molecule has 0 bridgehead atoms. The molecule has 0 aliphatic heterocycles. The molecular formula is C36H29N5. The van der Waals surface area contributed by atoms with E-state index in [1.54, 1.807) is 0 Å². The van der Waals surface area contributed by atoms with E-state index in [2.05, 4.69) is 88.7 Å². The van der Waals surface area contributed by atoms with Crippen LogP contribution in [0, 0.1) is 0 Å². The second-order valence-corrected chi connectivity index (χ2v) is 10.3. The van der Waals surface area contributed by atoms with Crippen molar-refractivity contribution in [1.29, 1.82) is 0 Å². The molecule has 7 N–H and O–H groups in total. The van der Waals surface area contributed by atoms with Crippen LogP contribution in [0.5, 0.6) is 0 Å². The third-order valence-electron chi connectivity index (χ3n) is 7.59. The summed E-state index contributed by atoms with van der Waals surface area (Å²) in [7, 11) is 0. The number of nitrogens with one attached hydrogen (secondary N) is 1. The quantitative estimate of drug-likeness (QED) is 0.167. The van der Waals surface area contributed by atoms with E-state index in [0.29, 0.717) is 5.69 Å². The van der Waals surface area contributed by atoms with Gasteiger partial charge >= 0.3 is 0 Å². The number of anilines is 5. The number of nitrogens with zero attached hydrogens (tertiary/aromatic N) is 1. The van der Waals surface area contributed by atoms with Crippen molar-refractivity contribution in [2.75, 3.05) is 22.5 Å². The molecule has 0 fully saturated rings. The Morgan fingerprint density at radius 2 is 1.07 bits per heavy atom. The first-order valence-corrected chi connectivity index (χ1v) is 13.6. The van der Waals surface area contributed by atoms with Gasteiger partial charge in [0.25, 0.3) is 0 Å². The van der Waals surface area contributed by atoms with E-state index in [0.717, 1.165) is 50.6 Å². The minimum Gasteiger partial charge on any atom is -0.399 e. The second-order valence-electron chi connectivity index (χ2n) is 10.3. The Morgan fingerprint density at radius 3 is 1.83 bits per heavy atom. The Hall–Kier alpha value is -5.68. The molecule has 5 nitrogen and oxygen atoms in total. The minimum absolute atomic E-state index is 0.714. The normalized spacial score (nSPS) is 11.2. The first-order valence-electron chi connectivity index (χ1n) is 13.6. The van der Waals surface area contributed by atoms with Crippen LogP contribution in [0.15, 0.2) is 133 Å². The van der Waals surface area contributed by atoms with Crippen molar-refractivity contribution in [3.05, 3.63) is 133 Å². The molecule has 5 heteroatoms. The monoisotopic (exact) mass is 531 g/mol. The van der Waals surface area contributed by atoms with Crippen LogP contribution in [0.1, 0.15) is 0 Å². The Bertz CT molecular complexity index is 2020. The van der Waals surface area contributed by atoms with Gasteiger partial charge in [-0.25, -0.2) is 0 Å². The molecule has 6 aromatic carbocycles. The fraction of sp³-hybridized carbons (Fsp3) is 0. The molecule has 0 radical (unpaired) electrons. The van der Waals surface area contributed by atoms with E-state index >= 15 is 0 Å². The van der Waals surface area contributed by atoms with Crippen molar-refractivity contribution in [2.45, 2.75) is 0 Å². The number of hydrogen-bond donors (Lipinski definition) is 4. The molecule has 0 atom stereocenters. The molecule has 7 rings (SSSR count). The highest BCUT2D eigenvalue weighted by Gasteiger charge is 2.13. The SMILES string of the molecule is Nc1ccc(-c2cc(N)ccc2Nc2ccc(-c3ccc4c(c3)c3ccccc3n4-c3ccc(N)cc3)cc2)cc1. The van der Waals surface area contributed by atoms with Crippen LogP contribution >= 0.6 is 0 Å². The zero-order valence-corrected chi connectivity index (χ0v) is 22.4. The van der Waals surface area contributed by atoms with Gasteiger partial charge in [0.2, 0.25) is 0 Å². The highest BCUT2D eigenvalue weighted by molar-refractivity contribution is 6.10. The zero-order chi connectivity index (χ0) is 27.9. The summed E-state index contributed by atoms with van der Waals surface area (Å²) in [5.41, 5.74) is 30.0. The van der Waals surface area contributed by atoms with E-state index in [4.69, 9.17) is 17.2 Å². The Morgan fingerprint density at radius 1 is 0.463 bits per heavy atom. The average Bonchev–Trinajstić information content (AvgIpc) is 3.33. The van der Waals surface area contributed by atoms with E-state index in [1.807, 2.05) is 54.6 Å². The number of aromatic nitrogens is 1. The molecule has 198 valence electrons. The molecule has 7 aromatic rings. The van der Waals surface area contributed by atoms with Crippen molar-refractivity contribution in [3.63, 3.8) is 0 Å². The number of fused-ring (bicyclic) bond motifs is 3. The van der Waals surface area contributed by atoms with Crippen molar-refractivity contribution in [3.8, 4) is 27.9 Å². The lowest BCUT2D eigenvalue weighted by Crippen LogP contribution is -1.96. The van der Waals surface area contributed by atoms with E-state index in [9.17, 15) is 0 Å². The van der Waals surface area contributed by atoms with E-state index in [-0.39, 0.29) is 0 Å². The average molecular weight is 532 g/mol. The fourth-order valence-corrected chi connectivity index (χ4v) is 5.53. The number of hydrogen-bond acceptors (Lipinski definition) is 4. The predicted molar refractivity (Wildman–Crippen MR) is 175 cm³/mol. The van der Waals surface area contributed by atoms with Crippen LogP contribution in [0.2, 0.25) is 0 Å². The van der Waals surface area contributed by atoms with E-state index < -0.39 is 0 Å². The summed E-state index contributed by atoms with van der Waals surface area (Å²) in [5.74, 6) is 0. The summed E-state index contributed by atoms with van der Waals surface area (Å²) in [5, 5.41) is 6.01. The molecule has 0 spiro atoms. The van der Waals surface area contributed by atoms with E-state index in [1.165, 1.54) is 21.9 Å². The van der Waals surface area contributed by atoms with Crippen LogP contribution < -0.4 is 22.5 Å². The van der Waals surface area contributed by atoms with Gasteiger partial charge in [-0.15, -0.1) is 0 Å². The van der Waals surface area contributed by atoms with Crippen LogP contribution in [-0.4, -0.2) is 4.57 Å². The summed E-state index contributed by atoms with van der Waals surface area (Å²) >= 11 is 0. The van der Waals surface area contributed by atoms with Crippen molar-refractivity contribution >= 4 is 50.2 Å². The highest BCUT2D eigenvalue weighted by Crippen LogP contribution is 2.36. The van der Waals surface area contributed by atoms with Gasteiger partial charge in [0.15, 0.2) is 0 Å². The second kappa shape index (κ2) is 9.81. The first-order chi connectivity index (χ1) is 20.0. The maximum Gasteiger partial charge on any atom is 0.0541 e. The minimum atomic E-state index is 0.714. The largest absolute Gasteiger partial charge is 0.399 e. The molecule has 0 aliphatic rings. The molecule has 0 amide bonds. The third kappa shape index (κ3) is 4.49. The summed E-state index contributed by atoms with van der Waals surface area (Å²) in [6, 6.07) is 45.5. The van der Waals surface area contributed by atoms with Crippen LogP contribution in [0.25, 0.3) is 49.7 Å². The van der Waals surface area contributed by atoms with Gasteiger partial charge < -0.3 is 27.1 Å². The van der Waals surface area contributed by atoms with Gasteiger partial charge in [0, 0.05) is 50.5 Å². The maximum atomic E-state index is 6.13. The molecule has 1 aromatic heterocycles. The number of rotatable bonds is 5. The Kier molecular flexibility index (Phi) is 5.83. The molecule has 41 heavy (non-hydrogen) atoms. The lowest BCUT2D eigenvalue weighted by atomic mass is 10.0. The summed E-state index contributed by atoms with van der Waals surface area (Å²) in [4.78, 5) is 0. The number of nitrogens with two attached hydrogens (primary N) is 3. The molecule has 0 unspecified atom stereocenters. The molecule has 0 saturated carbocycles. The number of benzene rings is 6. The summed E-state index contributed by atoms with van der Waals surface area (Å²) in [6.07, 6.45) is 0. The topological polar surface area (TPSA) is 95.0 Å². The molecule has 0 aliphatic carbocycles. The zero-order valence-electron chi connectivity index (χ0n) is 22.4. The number of nitrogen functional groups attached to an aromatic ring is 3. The van der Waals surface area contributed by atoms with Crippen molar-refractivity contribution < 1.29 is 0 Å². The van der Waals surface area contributed by atoms with Gasteiger partial charge in [-0.2, -0.15) is 0 Å². The number of para-hydroxylation sites is 1. The van der Waals surface area contributed by atoms with Gasteiger partial charge in [-0.3, -0.25) is 0 Å². The maximum absolute atomic E-state index is 6.13. The predicted octanol–water partition coefficient (Wildman–Crippen LogP) is 8.61. The standard InChI is InChI=1S/C36H29N5/c37-26-10-5-24(6-11-26)32-22-28(39)14-19-34(32)40-29-15-7-23(8-16-29)25-9-20-36-33(21-25)31-3-1-2-4-35(31)41(36)30-17-12-27(38)13-18-30/h1-22,40H,37-39H2. The molecular weight excluding hydrogens is 502 g/mol. The van der Waals surface area contributed by atoms with Gasteiger partial charge in [0.05, 0.1) is 11.0 Å². The smallest absolute Gasteiger partial charge is 0.0541 e. The molecule has 1 heterocycles. The van der Waals surface area contributed by atoms with Gasteiger partial charge in [-0.1, -0.05) is 48.5 Å². The van der Waals surface area contributed by atoms with Crippen molar-refractivity contribution in [2.24, 2.45) is 0 Å². The van der Waals surface area contributed by atoms with Crippen LogP contribution in [-0.2, 0) is 0 Å². The van der Waals surface area contributed by atoms with Gasteiger partial charge in [0.1, 0.15) is 0 Å². The van der Waals surface area contributed by atoms with Crippen LogP contribution in [0.4, 0.5) is 28.4 Å². The summed E-state index contributed by atoms with van der Waals surface area (Å²) in [6.45, 7) is 0. The third-order valence-corrected chi connectivity index (χ3v) is 7.59. The summed E-state index contributed by atoms with van der Waals surface area (Å²) < 4.78 is 2.30. The highest BCUT2D eigenvalue weighted by atomic mass is 15.0. The first kappa shape index (κ1) is 24.4.